The lowest BCUT2D eigenvalue weighted by molar-refractivity contribution is 0.290. The molecule has 0 saturated carbocycles. The van der Waals surface area contributed by atoms with E-state index in [1.54, 1.807) is 11.8 Å². The molecule has 0 atom stereocenters. The van der Waals surface area contributed by atoms with Gasteiger partial charge < -0.3 is 9.47 Å². The summed E-state index contributed by atoms with van der Waals surface area (Å²) < 4.78 is 12.9. The molecule has 2 rings (SSSR count). The number of halogens is 2. The van der Waals surface area contributed by atoms with E-state index in [1.807, 2.05) is 32.2 Å². The summed E-state index contributed by atoms with van der Waals surface area (Å²) >= 11 is 9.79. The third kappa shape index (κ3) is 3.52. The van der Waals surface area contributed by atoms with Gasteiger partial charge in [0, 0.05) is 24.0 Å². The molecule has 0 aliphatic carbocycles. The second-order valence-electron chi connectivity index (χ2n) is 4.58. The van der Waals surface area contributed by atoms with Gasteiger partial charge in [0.25, 0.3) is 0 Å². The second kappa shape index (κ2) is 7.18. The summed E-state index contributed by atoms with van der Waals surface area (Å²) in [4.78, 5) is 0. The molecule has 0 bridgehead atoms. The van der Waals surface area contributed by atoms with E-state index in [0.29, 0.717) is 17.0 Å². The van der Waals surface area contributed by atoms with Crippen LogP contribution in [0.25, 0.3) is 0 Å². The number of aryl methyl sites for hydroxylation is 2. The van der Waals surface area contributed by atoms with Gasteiger partial charge in [-0.2, -0.15) is 5.10 Å². The lowest BCUT2D eigenvalue weighted by Gasteiger charge is -2.12. The monoisotopic (exact) mass is 372 g/mol. The maximum Gasteiger partial charge on any atom is 0.131 e. The van der Waals surface area contributed by atoms with Crippen LogP contribution < -0.4 is 9.47 Å². The highest BCUT2D eigenvalue weighted by molar-refractivity contribution is 9.08. The minimum absolute atomic E-state index is 0.371. The molecule has 21 heavy (non-hydrogen) atoms. The van der Waals surface area contributed by atoms with E-state index in [1.165, 1.54) is 0 Å². The first kappa shape index (κ1) is 16.2. The van der Waals surface area contributed by atoms with Crippen LogP contribution in [0.4, 0.5) is 0 Å². The van der Waals surface area contributed by atoms with Crippen LogP contribution in [0.3, 0.4) is 0 Å². The summed E-state index contributed by atoms with van der Waals surface area (Å²) in [6.07, 6.45) is 0.804. The highest BCUT2D eigenvalue weighted by atomic mass is 79.9. The van der Waals surface area contributed by atoms with Crippen LogP contribution in [0.15, 0.2) is 18.2 Å². The van der Waals surface area contributed by atoms with Gasteiger partial charge in [-0.15, -0.1) is 0 Å². The molecule has 0 aliphatic heterocycles. The number of aromatic nitrogens is 2. The Kier molecular flexibility index (Phi) is 5.53. The third-order valence-electron chi connectivity index (χ3n) is 3.29. The molecule has 0 amide bonds. The van der Waals surface area contributed by atoms with Crippen molar-refractivity contribution in [3.05, 3.63) is 40.2 Å². The molecule has 0 N–H and O–H groups in total. The molecule has 0 aliphatic rings. The third-order valence-corrected chi connectivity index (χ3v) is 4.33. The Bertz CT molecular complexity index is 628. The second-order valence-corrected chi connectivity index (χ2v) is 5.52. The maximum atomic E-state index is 6.33. The zero-order valence-corrected chi connectivity index (χ0v) is 14.7. The van der Waals surface area contributed by atoms with E-state index in [4.69, 9.17) is 21.1 Å². The van der Waals surface area contributed by atoms with Crippen molar-refractivity contribution in [2.45, 2.75) is 25.3 Å². The SMILES string of the molecule is CCc1nn(C)c(COc2cc(OC)ccc2CBr)c1Cl. The first-order valence-corrected chi connectivity index (χ1v) is 8.16. The predicted molar refractivity (Wildman–Crippen MR) is 87.6 cm³/mol. The fraction of sp³-hybridized carbons (Fsp3) is 0.400. The largest absolute Gasteiger partial charge is 0.497 e. The van der Waals surface area contributed by atoms with Crippen LogP contribution in [0, 0.1) is 0 Å². The first-order chi connectivity index (χ1) is 10.1. The number of hydrogen-bond donors (Lipinski definition) is 0. The van der Waals surface area contributed by atoms with E-state index in [-0.39, 0.29) is 0 Å². The summed E-state index contributed by atoms with van der Waals surface area (Å²) in [6.45, 7) is 2.40. The van der Waals surface area contributed by atoms with Crippen molar-refractivity contribution in [2.75, 3.05) is 7.11 Å². The van der Waals surface area contributed by atoms with E-state index in [9.17, 15) is 0 Å². The summed E-state index contributed by atoms with van der Waals surface area (Å²) in [5, 5.41) is 5.79. The minimum atomic E-state index is 0.371. The molecule has 0 saturated heterocycles. The van der Waals surface area contributed by atoms with Crippen LogP contribution in [-0.2, 0) is 25.4 Å². The molecule has 1 aromatic carbocycles. The van der Waals surface area contributed by atoms with Gasteiger partial charge in [-0.25, -0.2) is 0 Å². The Labute approximate surface area is 138 Å². The lowest BCUT2D eigenvalue weighted by Crippen LogP contribution is -2.04. The van der Waals surface area contributed by atoms with Gasteiger partial charge in [0.15, 0.2) is 0 Å². The topological polar surface area (TPSA) is 36.3 Å². The summed E-state index contributed by atoms with van der Waals surface area (Å²) in [5.74, 6) is 1.54. The molecule has 0 unspecified atom stereocenters. The Balaban J connectivity index is 2.21. The van der Waals surface area contributed by atoms with Crippen LogP contribution in [0.2, 0.25) is 5.02 Å². The van der Waals surface area contributed by atoms with Crippen molar-refractivity contribution in [1.82, 2.24) is 9.78 Å². The molecule has 114 valence electrons. The van der Waals surface area contributed by atoms with E-state index < -0.39 is 0 Å². The van der Waals surface area contributed by atoms with Gasteiger partial charge in [0.2, 0.25) is 0 Å². The number of benzene rings is 1. The van der Waals surface area contributed by atoms with Gasteiger partial charge in [-0.3, -0.25) is 4.68 Å². The molecular formula is C15H18BrClN2O2. The molecule has 0 radical (unpaired) electrons. The number of ether oxygens (including phenoxy) is 2. The van der Waals surface area contributed by atoms with Gasteiger partial charge in [-0.05, 0) is 12.5 Å². The summed E-state index contributed by atoms with van der Waals surface area (Å²) in [5.41, 5.74) is 2.82. The number of hydrogen-bond acceptors (Lipinski definition) is 3. The molecule has 0 fully saturated rings. The molecular weight excluding hydrogens is 356 g/mol. The Morgan fingerprint density at radius 3 is 2.71 bits per heavy atom. The van der Waals surface area contributed by atoms with Crippen LogP contribution in [0.5, 0.6) is 11.5 Å². The summed E-state index contributed by atoms with van der Waals surface area (Å²) in [7, 11) is 3.51. The van der Waals surface area contributed by atoms with E-state index in [2.05, 4.69) is 21.0 Å². The molecule has 1 aromatic heterocycles. The normalized spacial score (nSPS) is 10.7. The van der Waals surface area contributed by atoms with Crippen molar-refractivity contribution in [3.8, 4) is 11.5 Å². The fourth-order valence-electron chi connectivity index (χ4n) is 2.03. The van der Waals surface area contributed by atoms with Gasteiger partial charge in [0.1, 0.15) is 18.1 Å². The molecule has 6 heteroatoms. The Morgan fingerprint density at radius 2 is 2.14 bits per heavy atom. The van der Waals surface area contributed by atoms with Crippen molar-refractivity contribution >= 4 is 27.5 Å². The average Bonchev–Trinajstić information content (AvgIpc) is 2.79. The average molecular weight is 374 g/mol. The smallest absolute Gasteiger partial charge is 0.131 e. The Morgan fingerprint density at radius 1 is 1.38 bits per heavy atom. The number of methoxy groups -OCH3 is 1. The predicted octanol–water partition coefficient (Wildman–Crippen LogP) is 4.12. The molecule has 0 spiro atoms. The number of alkyl halides is 1. The van der Waals surface area contributed by atoms with Crippen molar-refractivity contribution < 1.29 is 9.47 Å². The summed E-state index contributed by atoms with van der Waals surface area (Å²) in [6, 6.07) is 5.77. The van der Waals surface area contributed by atoms with E-state index >= 15 is 0 Å². The van der Waals surface area contributed by atoms with Crippen LogP contribution in [-0.4, -0.2) is 16.9 Å². The zero-order valence-electron chi connectivity index (χ0n) is 12.3. The van der Waals surface area contributed by atoms with Crippen molar-refractivity contribution in [3.63, 3.8) is 0 Å². The quantitative estimate of drug-likeness (QED) is 0.715. The van der Waals surface area contributed by atoms with E-state index in [0.717, 1.165) is 34.9 Å². The number of rotatable bonds is 6. The van der Waals surface area contributed by atoms with Crippen LogP contribution >= 0.6 is 27.5 Å². The zero-order chi connectivity index (χ0) is 15.4. The van der Waals surface area contributed by atoms with Gasteiger partial charge in [0.05, 0.1) is 23.5 Å². The van der Waals surface area contributed by atoms with Crippen LogP contribution in [0.1, 0.15) is 23.9 Å². The van der Waals surface area contributed by atoms with Gasteiger partial charge >= 0.3 is 0 Å². The minimum Gasteiger partial charge on any atom is -0.497 e. The first-order valence-electron chi connectivity index (χ1n) is 6.66. The highest BCUT2D eigenvalue weighted by Crippen LogP contribution is 2.29. The molecule has 2 aromatic rings. The molecule has 1 heterocycles. The lowest BCUT2D eigenvalue weighted by atomic mass is 10.2. The van der Waals surface area contributed by atoms with Crippen molar-refractivity contribution in [1.29, 1.82) is 0 Å². The molecule has 4 nitrogen and oxygen atoms in total. The number of nitrogens with zero attached hydrogens (tertiary/aromatic N) is 2. The standard InChI is InChI=1S/C15H18BrClN2O2/c1-4-12-15(17)13(19(2)18-12)9-21-14-7-11(20-3)6-5-10(14)8-16/h5-7H,4,8-9H2,1-3H3. The van der Waals surface area contributed by atoms with Gasteiger partial charge in [-0.1, -0.05) is 40.5 Å². The maximum absolute atomic E-state index is 6.33. The fourth-order valence-corrected chi connectivity index (χ4v) is 2.84. The van der Waals surface area contributed by atoms with Crippen molar-refractivity contribution in [2.24, 2.45) is 7.05 Å². The Hall–Kier alpha value is -1.20. The highest BCUT2D eigenvalue weighted by Gasteiger charge is 2.14.